The summed E-state index contributed by atoms with van der Waals surface area (Å²) in [6, 6.07) is 15.5. The number of Topliss-reactive ketones (excluding diaryl/α,β-unsaturated/α-hetero) is 1. The van der Waals surface area contributed by atoms with E-state index in [1.807, 2.05) is 53.4 Å². The van der Waals surface area contributed by atoms with Crippen LogP contribution >= 0.6 is 0 Å². The summed E-state index contributed by atoms with van der Waals surface area (Å²) < 4.78 is 5.30. The minimum atomic E-state index is -0.675. The quantitative estimate of drug-likeness (QED) is 0.833. The van der Waals surface area contributed by atoms with Crippen LogP contribution in [0.1, 0.15) is 47.2 Å². The van der Waals surface area contributed by atoms with Gasteiger partial charge in [-0.2, -0.15) is 0 Å². The number of carbonyl (C=O) groups excluding carboxylic acids is 2. The van der Waals surface area contributed by atoms with Crippen molar-refractivity contribution in [2.45, 2.75) is 44.1 Å². The van der Waals surface area contributed by atoms with Crippen molar-refractivity contribution in [3.63, 3.8) is 0 Å². The van der Waals surface area contributed by atoms with Crippen LogP contribution in [0.5, 0.6) is 5.75 Å². The highest BCUT2D eigenvalue weighted by Gasteiger charge is 2.49. The number of amides is 1. The fourth-order valence-corrected chi connectivity index (χ4v) is 4.59. The van der Waals surface area contributed by atoms with Crippen molar-refractivity contribution < 1.29 is 14.3 Å². The molecule has 0 N–H and O–H groups in total. The maximum absolute atomic E-state index is 13.5. The van der Waals surface area contributed by atoms with Gasteiger partial charge in [-0.25, -0.2) is 0 Å². The second-order valence-corrected chi connectivity index (χ2v) is 7.55. The lowest BCUT2D eigenvalue weighted by atomic mass is 9.71. The molecule has 4 nitrogen and oxygen atoms in total. The maximum Gasteiger partial charge on any atom is 0.227 e. The van der Waals surface area contributed by atoms with Gasteiger partial charge in [0.2, 0.25) is 5.91 Å². The molecule has 4 heteroatoms. The summed E-state index contributed by atoms with van der Waals surface area (Å²) in [4.78, 5) is 28.6. The van der Waals surface area contributed by atoms with Crippen molar-refractivity contribution in [2.24, 2.45) is 0 Å². The Labute approximate surface area is 160 Å². The van der Waals surface area contributed by atoms with E-state index in [0.717, 1.165) is 48.1 Å². The highest BCUT2D eigenvalue weighted by Crippen LogP contribution is 2.41. The predicted octanol–water partition coefficient (Wildman–Crippen LogP) is 3.82. The lowest BCUT2D eigenvalue weighted by molar-refractivity contribution is -0.137. The van der Waals surface area contributed by atoms with Crippen LogP contribution in [0.15, 0.2) is 48.5 Å². The molecule has 1 saturated heterocycles. The number of benzene rings is 2. The Morgan fingerprint density at radius 3 is 2.70 bits per heavy atom. The molecule has 140 valence electrons. The zero-order chi connectivity index (χ0) is 18.9. The van der Waals surface area contributed by atoms with Crippen molar-refractivity contribution in [3.05, 3.63) is 65.2 Å². The zero-order valence-corrected chi connectivity index (χ0v) is 15.7. The van der Waals surface area contributed by atoms with Gasteiger partial charge >= 0.3 is 0 Å². The average Bonchev–Trinajstić information content (AvgIpc) is 2.71. The standard InChI is InChI=1S/C23H25NO3/c1-27-19-9-10-20-18(16-19)11-13-23(22(20)26)12-5-6-14-24(23)21(25)15-17-7-3-2-4-8-17/h2-4,7-10,16H,5-6,11-15H2,1H3. The average molecular weight is 363 g/mol. The highest BCUT2D eigenvalue weighted by atomic mass is 16.5. The van der Waals surface area contributed by atoms with Crippen LogP contribution in [0.2, 0.25) is 0 Å². The Morgan fingerprint density at radius 1 is 1.11 bits per heavy atom. The first kappa shape index (κ1) is 17.8. The molecule has 1 unspecified atom stereocenters. The van der Waals surface area contributed by atoms with E-state index in [9.17, 15) is 9.59 Å². The number of rotatable bonds is 3. The first-order valence-corrected chi connectivity index (χ1v) is 9.70. The Kier molecular flexibility index (Phi) is 4.73. The lowest BCUT2D eigenvalue weighted by Gasteiger charge is -2.48. The number of nitrogens with zero attached hydrogens (tertiary/aromatic N) is 1. The molecule has 0 radical (unpaired) electrons. The molecule has 1 amide bonds. The minimum Gasteiger partial charge on any atom is -0.497 e. The minimum absolute atomic E-state index is 0.0613. The number of piperidine rings is 1. The molecule has 2 aliphatic rings. The molecular weight excluding hydrogens is 338 g/mol. The number of methoxy groups -OCH3 is 1. The van der Waals surface area contributed by atoms with Gasteiger partial charge in [-0.15, -0.1) is 0 Å². The van der Waals surface area contributed by atoms with Crippen molar-refractivity contribution in [1.29, 1.82) is 0 Å². The third kappa shape index (κ3) is 3.14. The van der Waals surface area contributed by atoms with E-state index in [2.05, 4.69) is 0 Å². The van der Waals surface area contributed by atoms with Crippen molar-refractivity contribution in [1.82, 2.24) is 4.90 Å². The van der Waals surface area contributed by atoms with Gasteiger partial charge < -0.3 is 9.64 Å². The van der Waals surface area contributed by atoms with E-state index in [0.29, 0.717) is 19.4 Å². The van der Waals surface area contributed by atoms with Crippen LogP contribution in [0.25, 0.3) is 0 Å². The van der Waals surface area contributed by atoms with Gasteiger partial charge in [0, 0.05) is 12.1 Å². The van der Waals surface area contributed by atoms with E-state index in [1.54, 1.807) is 7.11 Å². The number of likely N-dealkylation sites (tertiary alicyclic amines) is 1. The van der Waals surface area contributed by atoms with E-state index in [-0.39, 0.29) is 11.7 Å². The molecule has 4 rings (SSSR count). The molecule has 2 aromatic carbocycles. The molecule has 2 aromatic rings. The Hall–Kier alpha value is -2.62. The first-order valence-electron chi connectivity index (χ1n) is 9.70. The molecule has 1 spiro atoms. The maximum atomic E-state index is 13.5. The number of hydrogen-bond donors (Lipinski definition) is 0. The van der Waals surface area contributed by atoms with E-state index in [1.165, 1.54) is 0 Å². The largest absolute Gasteiger partial charge is 0.497 e. The number of carbonyl (C=O) groups is 2. The summed E-state index contributed by atoms with van der Waals surface area (Å²) in [5.41, 5.74) is 2.11. The summed E-state index contributed by atoms with van der Waals surface area (Å²) in [5.74, 6) is 0.942. The molecule has 1 atom stereocenters. The Morgan fingerprint density at radius 2 is 1.93 bits per heavy atom. The third-order valence-corrected chi connectivity index (χ3v) is 6.03. The molecule has 1 heterocycles. The normalized spacial score (nSPS) is 21.8. The number of aryl methyl sites for hydroxylation is 1. The van der Waals surface area contributed by atoms with Gasteiger partial charge in [-0.3, -0.25) is 9.59 Å². The molecule has 0 saturated carbocycles. The zero-order valence-electron chi connectivity index (χ0n) is 15.7. The summed E-state index contributed by atoms with van der Waals surface area (Å²) in [6.07, 6.45) is 4.57. The summed E-state index contributed by atoms with van der Waals surface area (Å²) in [5, 5.41) is 0. The molecule has 1 fully saturated rings. The molecule has 1 aliphatic carbocycles. The Balaban J connectivity index is 1.65. The fourth-order valence-electron chi connectivity index (χ4n) is 4.59. The summed E-state index contributed by atoms with van der Waals surface area (Å²) >= 11 is 0. The number of ether oxygens (including phenoxy) is 1. The van der Waals surface area contributed by atoms with Crippen LogP contribution in [0.3, 0.4) is 0 Å². The van der Waals surface area contributed by atoms with Gasteiger partial charge in [0.05, 0.1) is 13.5 Å². The lowest BCUT2D eigenvalue weighted by Crippen LogP contribution is -2.61. The van der Waals surface area contributed by atoms with Gasteiger partial charge in [0.15, 0.2) is 5.78 Å². The van der Waals surface area contributed by atoms with Crippen LogP contribution in [0, 0.1) is 0 Å². The predicted molar refractivity (Wildman–Crippen MR) is 104 cm³/mol. The highest BCUT2D eigenvalue weighted by molar-refractivity contribution is 6.07. The number of hydrogen-bond acceptors (Lipinski definition) is 3. The summed E-state index contributed by atoms with van der Waals surface area (Å²) in [6.45, 7) is 0.670. The third-order valence-electron chi connectivity index (χ3n) is 6.03. The van der Waals surface area contributed by atoms with Crippen LogP contribution in [-0.2, 0) is 17.6 Å². The van der Waals surface area contributed by atoms with E-state index in [4.69, 9.17) is 4.74 Å². The molecule has 0 bridgehead atoms. The molecular formula is C23H25NO3. The first-order chi connectivity index (χ1) is 13.1. The summed E-state index contributed by atoms with van der Waals surface area (Å²) in [7, 11) is 1.64. The fraction of sp³-hybridized carbons (Fsp3) is 0.391. The number of fused-ring (bicyclic) bond motifs is 1. The SMILES string of the molecule is COc1ccc2c(c1)CCC1(CCCCN1C(=O)Cc1ccccc1)C2=O. The van der Waals surface area contributed by atoms with Gasteiger partial charge in [-0.05, 0) is 61.4 Å². The van der Waals surface area contributed by atoms with Gasteiger partial charge in [0.25, 0.3) is 0 Å². The van der Waals surface area contributed by atoms with Crippen molar-refractivity contribution >= 4 is 11.7 Å². The molecule has 0 aromatic heterocycles. The van der Waals surface area contributed by atoms with Crippen LogP contribution < -0.4 is 4.74 Å². The Bertz CT molecular complexity index is 861. The van der Waals surface area contributed by atoms with Crippen molar-refractivity contribution in [3.8, 4) is 5.75 Å². The van der Waals surface area contributed by atoms with Gasteiger partial charge in [-0.1, -0.05) is 30.3 Å². The van der Waals surface area contributed by atoms with Crippen molar-refractivity contribution in [2.75, 3.05) is 13.7 Å². The van der Waals surface area contributed by atoms with Crippen LogP contribution in [-0.4, -0.2) is 35.8 Å². The van der Waals surface area contributed by atoms with Crippen LogP contribution in [0.4, 0.5) is 0 Å². The monoisotopic (exact) mass is 363 g/mol. The number of ketones is 1. The molecule has 1 aliphatic heterocycles. The van der Waals surface area contributed by atoms with E-state index >= 15 is 0 Å². The van der Waals surface area contributed by atoms with E-state index < -0.39 is 5.54 Å². The second-order valence-electron chi connectivity index (χ2n) is 7.55. The second kappa shape index (κ2) is 7.18. The topological polar surface area (TPSA) is 46.6 Å². The van der Waals surface area contributed by atoms with Gasteiger partial charge in [0.1, 0.15) is 11.3 Å². The molecule has 27 heavy (non-hydrogen) atoms. The smallest absolute Gasteiger partial charge is 0.227 e.